The molecule has 0 radical (unpaired) electrons. The molecule has 0 saturated carbocycles. The lowest BCUT2D eigenvalue weighted by molar-refractivity contribution is -0.911. The fourth-order valence-electron chi connectivity index (χ4n) is 4.70. The Morgan fingerprint density at radius 2 is 1.97 bits per heavy atom. The van der Waals surface area contributed by atoms with Gasteiger partial charge in [0, 0.05) is 24.2 Å². The number of benzene rings is 1. The normalized spacial score (nSPS) is 21.8. The number of halogens is 1. The van der Waals surface area contributed by atoms with Crippen LogP contribution in [0, 0.1) is 5.82 Å². The van der Waals surface area contributed by atoms with Crippen LogP contribution in [0.5, 0.6) is 11.5 Å². The second-order valence-corrected chi connectivity index (χ2v) is 9.59. The van der Waals surface area contributed by atoms with Crippen LogP contribution in [0.3, 0.4) is 0 Å². The topological polar surface area (TPSA) is 127 Å². The van der Waals surface area contributed by atoms with E-state index in [1.165, 1.54) is 4.90 Å². The number of likely N-dealkylation sites (tertiary alicyclic amines) is 1. The van der Waals surface area contributed by atoms with E-state index < -0.39 is 29.2 Å². The van der Waals surface area contributed by atoms with Crippen LogP contribution in [-0.4, -0.2) is 86.3 Å². The molecule has 2 saturated heterocycles. The molecule has 4 rings (SSSR count). The zero-order valence-electron chi connectivity index (χ0n) is 17.3. The molecular weight excluding hydrogens is 441 g/mol. The quantitative estimate of drug-likeness (QED) is 0.270. The Morgan fingerprint density at radius 1 is 1.25 bits per heavy atom. The number of carboxylic acid groups (broad SMARTS) is 1. The summed E-state index contributed by atoms with van der Waals surface area (Å²) in [6.45, 7) is 2.88. The maximum absolute atomic E-state index is 14.1. The van der Waals surface area contributed by atoms with Gasteiger partial charge in [0.15, 0.2) is 17.3 Å². The zero-order valence-corrected chi connectivity index (χ0v) is 18.2. The predicted molar refractivity (Wildman–Crippen MR) is 113 cm³/mol. The highest BCUT2D eigenvalue weighted by atomic mass is 32.2. The van der Waals surface area contributed by atoms with Crippen molar-refractivity contribution in [1.82, 2.24) is 10.2 Å². The van der Waals surface area contributed by atoms with Crippen LogP contribution in [0.4, 0.5) is 4.39 Å². The first-order valence-electron chi connectivity index (χ1n) is 10.5. The number of carbonyl (C=O) groups excluding carboxylic acids is 2. The molecule has 3 heterocycles. The summed E-state index contributed by atoms with van der Waals surface area (Å²) >= 11 is 1.58. The molecule has 0 spiro atoms. The van der Waals surface area contributed by atoms with Gasteiger partial charge in [0.2, 0.25) is 5.91 Å². The van der Waals surface area contributed by atoms with Gasteiger partial charge in [0.25, 0.3) is 5.91 Å². The van der Waals surface area contributed by atoms with E-state index in [0.717, 1.165) is 43.6 Å². The third-order valence-corrected chi connectivity index (χ3v) is 7.66. The number of thioether (sulfide) groups is 1. The molecule has 4 N–H and O–H groups in total. The summed E-state index contributed by atoms with van der Waals surface area (Å²) in [6, 6.07) is 2.15. The van der Waals surface area contributed by atoms with Gasteiger partial charge in [0.1, 0.15) is 12.2 Å². The first-order valence-corrected chi connectivity index (χ1v) is 11.5. The second kappa shape index (κ2) is 8.62. The van der Waals surface area contributed by atoms with Gasteiger partial charge in [-0.1, -0.05) is 0 Å². The summed E-state index contributed by atoms with van der Waals surface area (Å²) in [6.07, 6.45) is 2.31. The number of fused-ring (bicyclic) bond motifs is 1. The molecule has 32 heavy (non-hydrogen) atoms. The van der Waals surface area contributed by atoms with E-state index in [0.29, 0.717) is 29.7 Å². The molecule has 0 bridgehead atoms. The van der Waals surface area contributed by atoms with Gasteiger partial charge in [-0.3, -0.25) is 14.5 Å². The third kappa shape index (κ3) is 4.02. The van der Waals surface area contributed by atoms with E-state index in [1.54, 1.807) is 11.8 Å². The number of carbonyl (C=O) groups is 3. The third-order valence-electron chi connectivity index (χ3n) is 6.39. The Bertz CT molecular complexity index is 1010. The maximum Gasteiger partial charge on any atom is 0.352 e. The molecule has 0 aromatic heterocycles. The van der Waals surface area contributed by atoms with Gasteiger partial charge in [-0.15, -0.1) is 11.8 Å². The van der Waals surface area contributed by atoms with Crippen LogP contribution < -0.4 is 5.32 Å². The minimum atomic E-state index is -1.18. The molecule has 1 atom stereocenters. The number of β-lactam (4-membered cyclic amide) rings is 1. The van der Waals surface area contributed by atoms with Gasteiger partial charge in [0.05, 0.1) is 43.5 Å². The van der Waals surface area contributed by atoms with E-state index in [-0.39, 0.29) is 29.1 Å². The Hall–Kier alpha value is -2.79. The van der Waals surface area contributed by atoms with Crippen molar-refractivity contribution in [3.8, 4) is 11.5 Å². The molecule has 0 aliphatic carbocycles. The van der Waals surface area contributed by atoms with Crippen molar-refractivity contribution in [2.75, 3.05) is 38.5 Å². The molecular formula is C21H25FN3O6S+. The molecule has 2 amide bonds. The smallest absolute Gasteiger partial charge is 0.352 e. The van der Waals surface area contributed by atoms with Crippen LogP contribution >= 0.6 is 11.8 Å². The molecule has 172 valence electrons. The molecule has 3 aliphatic rings. The number of phenols is 2. The lowest BCUT2D eigenvalue weighted by Crippen LogP contribution is -2.56. The molecule has 1 aromatic rings. The lowest BCUT2D eigenvalue weighted by atomic mass is 10.1. The summed E-state index contributed by atoms with van der Waals surface area (Å²) in [7, 11) is 0. The van der Waals surface area contributed by atoms with Crippen molar-refractivity contribution < 1.29 is 38.6 Å². The fraction of sp³-hybridized carbons (Fsp3) is 0.476. The molecule has 1 aromatic carbocycles. The Balaban J connectivity index is 1.46. The number of hydrogen-bond donors (Lipinski definition) is 4. The van der Waals surface area contributed by atoms with Crippen LogP contribution in [0.1, 0.15) is 29.6 Å². The largest absolute Gasteiger partial charge is 0.504 e. The van der Waals surface area contributed by atoms with Crippen molar-refractivity contribution in [3.05, 3.63) is 34.8 Å². The number of phenolic OH excluding ortho intramolecular Hbond substituents is 2. The Morgan fingerprint density at radius 3 is 2.62 bits per heavy atom. The van der Waals surface area contributed by atoms with Crippen LogP contribution in [0.2, 0.25) is 0 Å². The number of carboxylic acids is 1. The number of aromatic hydroxyl groups is 2. The standard InChI is InChI=1S/C21H24FN3O6S/c22-17-13(3-4-14(26)19(17)28)20(29)23-5-8-25(6-1-2-7-25)10-12-11-32-16-9-15(27)24(16)18(12)21(30)31/h3-4,16H,1-2,5-11H2,(H3-,23,26,28,29,30,31)/p+1/t16-/m1/s1. The highest BCUT2D eigenvalue weighted by Gasteiger charge is 2.47. The zero-order chi connectivity index (χ0) is 23.0. The molecule has 3 aliphatic heterocycles. The first-order chi connectivity index (χ1) is 15.2. The van der Waals surface area contributed by atoms with Crippen LogP contribution in [-0.2, 0) is 9.59 Å². The van der Waals surface area contributed by atoms with E-state index >= 15 is 0 Å². The summed E-state index contributed by atoms with van der Waals surface area (Å²) < 4.78 is 14.7. The number of rotatable bonds is 7. The van der Waals surface area contributed by atoms with Gasteiger partial charge in [-0.2, -0.15) is 0 Å². The van der Waals surface area contributed by atoms with E-state index in [2.05, 4.69) is 5.32 Å². The summed E-state index contributed by atoms with van der Waals surface area (Å²) in [5.74, 6) is -4.21. The number of nitrogens with zero attached hydrogens (tertiary/aromatic N) is 2. The van der Waals surface area contributed by atoms with Gasteiger partial charge < -0.3 is 25.1 Å². The van der Waals surface area contributed by atoms with Crippen molar-refractivity contribution in [3.63, 3.8) is 0 Å². The minimum absolute atomic E-state index is 0.0970. The van der Waals surface area contributed by atoms with Gasteiger partial charge in [-0.05, 0) is 12.1 Å². The van der Waals surface area contributed by atoms with Crippen LogP contribution in [0.15, 0.2) is 23.4 Å². The first kappa shape index (κ1) is 22.4. The van der Waals surface area contributed by atoms with E-state index in [1.807, 2.05) is 0 Å². The highest BCUT2D eigenvalue weighted by molar-refractivity contribution is 8.00. The minimum Gasteiger partial charge on any atom is -0.504 e. The Kier molecular flexibility index (Phi) is 6.04. The van der Waals surface area contributed by atoms with Crippen molar-refractivity contribution >= 4 is 29.5 Å². The SMILES string of the molecule is O=C(O)C1=C(C[N+]2(CCNC(=O)c3ccc(O)c(O)c3F)CCCC2)CS[C@@H]2CC(=O)N12. The van der Waals surface area contributed by atoms with E-state index in [4.69, 9.17) is 0 Å². The number of amides is 2. The molecule has 0 unspecified atom stereocenters. The molecule has 9 nitrogen and oxygen atoms in total. The fourth-order valence-corrected chi connectivity index (χ4v) is 5.96. The van der Waals surface area contributed by atoms with Crippen molar-refractivity contribution in [2.24, 2.45) is 0 Å². The van der Waals surface area contributed by atoms with E-state index in [9.17, 15) is 34.1 Å². The van der Waals surface area contributed by atoms with Crippen molar-refractivity contribution in [1.29, 1.82) is 0 Å². The Labute approximate surface area is 188 Å². The summed E-state index contributed by atoms with van der Waals surface area (Å²) in [5, 5.41) is 31.1. The lowest BCUT2D eigenvalue weighted by Gasteiger charge is -2.45. The maximum atomic E-state index is 14.1. The highest BCUT2D eigenvalue weighted by Crippen LogP contribution is 2.41. The summed E-state index contributed by atoms with van der Waals surface area (Å²) in [4.78, 5) is 37.7. The summed E-state index contributed by atoms with van der Waals surface area (Å²) in [5.41, 5.74) is 0.463. The van der Waals surface area contributed by atoms with Gasteiger partial charge >= 0.3 is 5.97 Å². The number of hydrogen-bond acceptors (Lipinski definition) is 6. The average molecular weight is 467 g/mol. The number of nitrogens with one attached hydrogen (secondary N) is 1. The van der Waals surface area contributed by atoms with Crippen molar-refractivity contribution in [2.45, 2.75) is 24.6 Å². The number of quaternary nitrogens is 1. The second-order valence-electron chi connectivity index (χ2n) is 8.42. The number of aliphatic carboxylic acids is 1. The monoisotopic (exact) mass is 466 g/mol. The molecule has 11 heteroatoms. The predicted octanol–water partition coefficient (Wildman–Crippen LogP) is 1.22. The van der Waals surface area contributed by atoms with Gasteiger partial charge in [-0.25, -0.2) is 9.18 Å². The average Bonchev–Trinajstić information content (AvgIpc) is 3.20. The van der Waals surface area contributed by atoms with Crippen LogP contribution in [0.25, 0.3) is 0 Å². The molecule has 2 fully saturated rings.